The number of likely N-dealkylation sites (N-methyl/N-ethyl adjacent to an activating group) is 1. The van der Waals surface area contributed by atoms with Crippen molar-refractivity contribution in [2.24, 2.45) is 11.8 Å². The molecule has 6 rings (SSSR count). The van der Waals surface area contributed by atoms with Gasteiger partial charge >= 0.3 is 5.97 Å². The summed E-state index contributed by atoms with van der Waals surface area (Å²) in [5, 5.41) is 17.9. The van der Waals surface area contributed by atoms with E-state index in [1.54, 1.807) is 38.6 Å². The van der Waals surface area contributed by atoms with Crippen molar-refractivity contribution >= 4 is 50.7 Å². The number of hydrogen-bond acceptors (Lipinski definition) is 9. The summed E-state index contributed by atoms with van der Waals surface area (Å²) in [4.78, 5) is 62.0. The first-order valence-electron chi connectivity index (χ1n) is 19.1. The van der Waals surface area contributed by atoms with Gasteiger partial charge in [0.1, 0.15) is 29.9 Å². The average molecular weight is 820 g/mol. The molecule has 1 unspecified atom stereocenters. The van der Waals surface area contributed by atoms with Crippen molar-refractivity contribution < 1.29 is 33.8 Å². The van der Waals surface area contributed by atoms with Crippen LogP contribution in [-0.2, 0) is 35.3 Å². The number of carbonyl (C=O) groups is 4. The van der Waals surface area contributed by atoms with Gasteiger partial charge in [0.15, 0.2) is 0 Å². The van der Waals surface area contributed by atoms with Crippen LogP contribution in [0.3, 0.4) is 0 Å². The maximum Gasteiger partial charge on any atom is 0.313 e. The van der Waals surface area contributed by atoms with Crippen LogP contribution < -0.4 is 0 Å². The highest BCUT2D eigenvalue weighted by Gasteiger charge is 2.77. The average Bonchev–Trinajstić information content (AvgIpc) is 3.92. The summed E-state index contributed by atoms with van der Waals surface area (Å²) in [6.07, 6.45) is 5.63. The first kappa shape index (κ1) is 40.3. The number of unbranched alkanes of at least 4 members (excludes halogenated alkanes) is 3. The summed E-state index contributed by atoms with van der Waals surface area (Å²) in [6.45, 7) is 10.1. The van der Waals surface area contributed by atoms with Crippen molar-refractivity contribution in [2.75, 3.05) is 26.7 Å². The largest absolute Gasteiger partial charge is 0.455 e. The molecule has 1 aromatic heterocycles. The Morgan fingerprint density at radius 1 is 1.09 bits per heavy atom. The molecule has 3 aliphatic heterocycles. The molecule has 3 saturated heterocycles. The predicted octanol–water partition coefficient (Wildman–Crippen LogP) is 4.80. The Labute approximate surface area is 330 Å². The van der Waals surface area contributed by atoms with Crippen LogP contribution in [0.25, 0.3) is 11.0 Å². The van der Waals surface area contributed by atoms with E-state index in [1.807, 2.05) is 61.5 Å². The summed E-state index contributed by atoms with van der Waals surface area (Å²) in [7, 11) is 1.69. The Hall–Kier alpha value is -4.40. The minimum Gasteiger partial charge on any atom is -0.455 e. The standard InChI is InChI=1S/C41H51BrN6O7/c1-5-7-21-32(50)45(4)27(3)35(28-17-11-10-12-18-28)54-40(53)33-34-38(51)47(23-15-8-9-16-24-49)37(41(34)25-29(42)36(33)55-41)39(52)46(22-6-2)26-48-31-20-14-13-19-30(31)43-44-48/h5-6,10-14,17-20,27,29,33-37,49H,1-2,7-9,15-16,21-26H2,3-4H3/t27-,29?,33+,34-,35+,36+,37+,41-/m1/s1. The zero-order chi connectivity index (χ0) is 39.3. The molecule has 1 N–H and O–H groups in total. The van der Waals surface area contributed by atoms with Crippen LogP contribution in [0, 0.1) is 11.8 Å². The highest BCUT2D eigenvalue weighted by molar-refractivity contribution is 9.09. The first-order chi connectivity index (χ1) is 26.6. The molecule has 4 heterocycles. The third-order valence-electron chi connectivity index (χ3n) is 11.4. The molecule has 2 bridgehead atoms. The number of aliphatic hydroxyl groups is 1. The number of esters is 1. The third kappa shape index (κ3) is 7.86. The number of likely N-dealkylation sites (tertiary alicyclic amines) is 1. The molecule has 3 amide bonds. The highest BCUT2D eigenvalue weighted by atomic mass is 79.9. The van der Waals surface area contributed by atoms with E-state index >= 15 is 0 Å². The Morgan fingerprint density at radius 3 is 2.55 bits per heavy atom. The number of carbonyl (C=O) groups excluding carboxylic acids is 4. The molecular weight excluding hydrogens is 768 g/mol. The molecule has 3 fully saturated rings. The van der Waals surface area contributed by atoms with Crippen molar-refractivity contribution in [1.29, 1.82) is 0 Å². The summed E-state index contributed by atoms with van der Waals surface area (Å²) in [6, 6.07) is 15.2. The molecule has 0 saturated carbocycles. The van der Waals surface area contributed by atoms with Gasteiger partial charge in [-0.05, 0) is 50.3 Å². The number of ether oxygens (including phenoxy) is 2. The van der Waals surface area contributed by atoms with Crippen LogP contribution >= 0.6 is 15.9 Å². The lowest BCUT2D eigenvalue weighted by atomic mass is 9.70. The lowest BCUT2D eigenvalue weighted by molar-refractivity contribution is -0.164. The van der Waals surface area contributed by atoms with Gasteiger partial charge in [0, 0.05) is 38.0 Å². The van der Waals surface area contributed by atoms with Crippen LogP contribution in [0.2, 0.25) is 0 Å². The molecule has 0 aliphatic carbocycles. The van der Waals surface area contributed by atoms with Crippen LogP contribution in [0.1, 0.15) is 63.5 Å². The number of halogens is 1. The first-order valence-corrected chi connectivity index (χ1v) is 20.0. The molecular formula is C41H51BrN6O7. The Balaban J connectivity index is 1.33. The number of fused-ring (bicyclic) bond motifs is 2. The molecule has 3 aromatic rings. The number of hydrogen-bond donors (Lipinski definition) is 1. The van der Waals surface area contributed by atoms with Gasteiger partial charge in [-0.1, -0.05) is 88.6 Å². The predicted molar refractivity (Wildman–Crippen MR) is 209 cm³/mol. The highest BCUT2D eigenvalue weighted by Crippen LogP contribution is 2.60. The lowest BCUT2D eigenvalue weighted by Crippen LogP contribution is -2.57. The molecule has 1 spiro atoms. The number of benzene rings is 2. The van der Waals surface area contributed by atoms with Crippen LogP contribution in [0.15, 0.2) is 79.9 Å². The van der Waals surface area contributed by atoms with Crippen molar-refractivity contribution in [2.45, 2.75) is 93.3 Å². The molecule has 55 heavy (non-hydrogen) atoms. The maximum absolute atomic E-state index is 15.0. The van der Waals surface area contributed by atoms with Gasteiger partial charge in [0.05, 0.1) is 29.5 Å². The van der Waals surface area contributed by atoms with Gasteiger partial charge < -0.3 is 29.3 Å². The summed E-state index contributed by atoms with van der Waals surface area (Å²) in [5.74, 6) is -3.37. The van der Waals surface area contributed by atoms with E-state index in [0.717, 1.165) is 18.4 Å². The van der Waals surface area contributed by atoms with E-state index in [1.165, 1.54) is 0 Å². The zero-order valence-corrected chi connectivity index (χ0v) is 33.1. The van der Waals surface area contributed by atoms with Gasteiger partial charge in [0.2, 0.25) is 17.7 Å². The number of alkyl halides is 1. The van der Waals surface area contributed by atoms with E-state index in [2.05, 4.69) is 39.4 Å². The minimum atomic E-state index is -1.31. The van der Waals surface area contributed by atoms with Crippen LogP contribution in [0.4, 0.5) is 0 Å². The Bertz CT molecular complexity index is 1870. The minimum absolute atomic E-state index is 0.0590. The van der Waals surface area contributed by atoms with E-state index in [0.29, 0.717) is 36.8 Å². The lowest BCUT2D eigenvalue weighted by Gasteiger charge is -2.37. The maximum atomic E-state index is 15.0. The topological polar surface area (TPSA) is 147 Å². The molecule has 294 valence electrons. The number of allylic oxidation sites excluding steroid dienone is 1. The smallest absolute Gasteiger partial charge is 0.313 e. The summed E-state index contributed by atoms with van der Waals surface area (Å²) >= 11 is 3.77. The van der Waals surface area contributed by atoms with Gasteiger partial charge in [-0.15, -0.1) is 18.3 Å². The van der Waals surface area contributed by atoms with Gasteiger partial charge in [0.25, 0.3) is 0 Å². The van der Waals surface area contributed by atoms with Gasteiger partial charge in [-0.3, -0.25) is 19.2 Å². The molecule has 13 nitrogen and oxygen atoms in total. The molecule has 2 aromatic carbocycles. The quantitative estimate of drug-likeness (QED) is 0.0780. The second-order valence-electron chi connectivity index (χ2n) is 14.7. The number of aliphatic hydroxyl groups excluding tert-OH is 1. The number of amides is 3. The normalized spacial score (nSPS) is 25.1. The van der Waals surface area contributed by atoms with Gasteiger partial charge in [-0.2, -0.15) is 0 Å². The van der Waals surface area contributed by atoms with Crippen LogP contribution in [0.5, 0.6) is 0 Å². The van der Waals surface area contributed by atoms with Crippen LogP contribution in [-0.4, -0.2) is 114 Å². The fourth-order valence-electron chi connectivity index (χ4n) is 8.52. The fourth-order valence-corrected chi connectivity index (χ4v) is 9.46. The van der Waals surface area contributed by atoms with Gasteiger partial charge in [-0.25, -0.2) is 4.68 Å². The van der Waals surface area contributed by atoms with Crippen molar-refractivity contribution in [1.82, 2.24) is 29.7 Å². The molecule has 0 radical (unpaired) electrons. The number of para-hydroxylation sites is 1. The second-order valence-corrected chi connectivity index (χ2v) is 15.9. The van der Waals surface area contributed by atoms with Crippen molar-refractivity contribution in [3.63, 3.8) is 0 Å². The number of aromatic nitrogens is 3. The fraction of sp³-hybridized carbons (Fsp3) is 0.512. The van der Waals surface area contributed by atoms with E-state index < -0.39 is 47.7 Å². The monoisotopic (exact) mass is 818 g/mol. The molecule has 8 atom stereocenters. The second kappa shape index (κ2) is 17.6. The summed E-state index contributed by atoms with van der Waals surface area (Å²) in [5.41, 5.74) is 0.832. The van der Waals surface area contributed by atoms with E-state index in [9.17, 15) is 24.3 Å². The molecule has 3 aliphatic rings. The Morgan fingerprint density at radius 2 is 1.82 bits per heavy atom. The summed E-state index contributed by atoms with van der Waals surface area (Å²) < 4.78 is 14.8. The zero-order valence-electron chi connectivity index (χ0n) is 31.5. The van der Waals surface area contributed by atoms with Crippen molar-refractivity contribution in [3.8, 4) is 0 Å². The van der Waals surface area contributed by atoms with Crippen molar-refractivity contribution in [3.05, 3.63) is 85.5 Å². The van der Waals surface area contributed by atoms with E-state index in [4.69, 9.17) is 9.47 Å². The van der Waals surface area contributed by atoms with E-state index in [-0.39, 0.29) is 55.3 Å². The number of rotatable bonds is 19. The number of nitrogens with zero attached hydrogens (tertiary/aromatic N) is 6. The third-order valence-corrected chi connectivity index (χ3v) is 12.2. The SMILES string of the molecule is C=CCCC(=O)N(C)[C@H](C)[C@H](OC(=O)[C@@H]1[C@H]2O[C@@]3(CC2Br)[C@H](C(=O)N(CC=C)Cn2nnc4ccccc42)N(CCCCCCO)C(=O)[C@@H]13)c1ccccc1. The Kier molecular flexibility index (Phi) is 12.9. The molecule has 14 heteroatoms.